The number of fused-ring (bicyclic) bond motifs is 1. The molecule has 7 nitrogen and oxygen atoms in total. The first-order chi connectivity index (χ1) is 6.79. The molecular formula is C8H12N4O3. The molecule has 0 amide bonds. The van der Waals surface area contributed by atoms with E-state index in [0.717, 1.165) is 0 Å². The molecule has 0 bridgehead atoms. The van der Waals surface area contributed by atoms with Gasteiger partial charge in [0.05, 0.1) is 10.8 Å². The molecule has 0 radical (unpaired) electrons. The Kier molecular flexibility index (Phi) is 4.96. The summed E-state index contributed by atoms with van der Waals surface area (Å²) in [5.41, 5.74) is -0.546. The standard InChI is InChI=1S/C8H6N2O2.H4N2.H2O/c11-7-5-3-1-2-4-6(5)8(12)10-9-7;1-2;/h1-4H,(H,9,11)(H,10,12);1-2H2;1H2. The largest absolute Gasteiger partial charge is 0.412 e. The molecule has 0 spiro atoms. The number of H-pyrrole nitrogens is 2. The van der Waals surface area contributed by atoms with Crippen LogP contribution in [0.1, 0.15) is 0 Å². The number of rotatable bonds is 0. The number of benzene rings is 1. The highest BCUT2D eigenvalue weighted by atomic mass is 16.1. The Morgan fingerprint density at radius 1 is 0.867 bits per heavy atom. The minimum atomic E-state index is -0.273. The summed E-state index contributed by atoms with van der Waals surface area (Å²) < 4.78 is 0. The summed E-state index contributed by atoms with van der Waals surface area (Å²) in [7, 11) is 0. The third kappa shape index (κ3) is 2.50. The van der Waals surface area contributed by atoms with Gasteiger partial charge in [-0.25, -0.2) is 0 Å². The van der Waals surface area contributed by atoms with E-state index in [0.29, 0.717) is 10.8 Å². The number of aromatic amines is 2. The molecule has 0 aliphatic rings. The lowest BCUT2D eigenvalue weighted by Crippen LogP contribution is -2.18. The smallest absolute Gasteiger partial charge is 0.270 e. The first-order valence-corrected chi connectivity index (χ1v) is 3.82. The SMILES string of the molecule is NN.O.O=c1[nH][nH]c(=O)c2ccccc12. The van der Waals surface area contributed by atoms with Crippen LogP contribution in [-0.4, -0.2) is 15.7 Å². The fraction of sp³-hybridized carbons (Fsp3) is 0. The van der Waals surface area contributed by atoms with Gasteiger partial charge in [-0.1, -0.05) is 12.1 Å². The van der Waals surface area contributed by atoms with Crippen molar-refractivity contribution in [3.05, 3.63) is 45.0 Å². The quantitative estimate of drug-likeness (QED) is 0.301. The van der Waals surface area contributed by atoms with Gasteiger partial charge in [0.15, 0.2) is 0 Å². The van der Waals surface area contributed by atoms with E-state index in [-0.39, 0.29) is 16.6 Å². The summed E-state index contributed by atoms with van der Waals surface area (Å²) in [6.45, 7) is 0. The van der Waals surface area contributed by atoms with Gasteiger partial charge in [-0.2, -0.15) is 0 Å². The molecule has 0 fully saturated rings. The van der Waals surface area contributed by atoms with Crippen LogP contribution >= 0.6 is 0 Å². The van der Waals surface area contributed by atoms with E-state index >= 15 is 0 Å². The molecule has 0 atom stereocenters. The Labute approximate surface area is 84.0 Å². The minimum absolute atomic E-state index is 0. The zero-order valence-corrected chi connectivity index (χ0v) is 7.78. The molecule has 2 aromatic rings. The van der Waals surface area contributed by atoms with Crippen molar-refractivity contribution < 1.29 is 5.48 Å². The zero-order chi connectivity index (χ0) is 10.6. The number of hydrazine groups is 1. The van der Waals surface area contributed by atoms with Crippen LogP contribution in [-0.2, 0) is 0 Å². The normalized spacial score (nSPS) is 8.67. The predicted molar refractivity (Wildman–Crippen MR) is 57.2 cm³/mol. The summed E-state index contributed by atoms with van der Waals surface area (Å²) in [4.78, 5) is 22.2. The van der Waals surface area contributed by atoms with Gasteiger partial charge in [0, 0.05) is 0 Å². The van der Waals surface area contributed by atoms with Crippen LogP contribution < -0.4 is 22.8 Å². The molecule has 7 heteroatoms. The molecule has 0 aliphatic heterocycles. The third-order valence-electron chi connectivity index (χ3n) is 1.71. The second-order valence-corrected chi connectivity index (χ2v) is 2.45. The van der Waals surface area contributed by atoms with Crippen molar-refractivity contribution in [3.63, 3.8) is 0 Å². The van der Waals surface area contributed by atoms with Crippen LogP contribution in [0.5, 0.6) is 0 Å². The third-order valence-corrected chi connectivity index (χ3v) is 1.71. The van der Waals surface area contributed by atoms with E-state index in [1.54, 1.807) is 24.3 Å². The van der Waals surface area contributed by atoms with E-state index in [1.807, 2.05) is 0 Å². The first-order valence-electron chi connectivity index (χ1n) is 3.82. The van der Waals surface area contributed by atoms with Crippen LogP contribution in [0.15, 0.2) is 33.9 Å². The van der Waals surface area contributed by atoms with Crippen LogP contribution in [0.2, 0.25) is 0 Å². The van der Waals surface area contributed by atoms with Crippen molar-refractivity contribution in [1.82, 2.24) is 10.2 Å². The number of aromatic nitrogens is 2. The number of nitrogens with one attached hydrogen (secondary N) is 2. The summed E-state index contributed by atoms with van der Waals surface area (Å²) in [6.07, 6.45) is 0. The van der Waals surface area contributed by atoms with Crippen molar-refractivity contribution in [3.8, 4) is 0 Å². The van der Waals surface area contributed by atoms with Crippen molar-refractivity contribution in [2.75, 3.05) is 0 Å². The molecule has 1 aromatic heterocycles. The molecule has 0 saturated carbocycles. The average Bonchev–Trinajstić information content (AvgIpc) is 2.27. The molecule has 82 valence electrons. The maximum atomic E-state index is 11.1. The summed E-state index contributed by atoms with van der Waals surface area (Å²) in [5, 5.41) is 5.33. The lowest BCUT2D eigenvalue weighted by atomic mass is 10.2. The monoisotopic (exact) mass is 212 g/mol. The maximum absolute atomic E-state index is 11.1. The zero-order valence-electron chi connectivity index (χ0n) is 7.78. The van der Waals surface area contributed by atoms with E-state index in [1.165, 1.54) is 0 Å². The maximum Gasteiger partial charge on any atom is 0.270 e. The van der Waals surface area contributed by atoms with Gasteiger partial charge in [-0.3, -0.25) is 31.5 Å². The molecule has 0 unspecified atom stereocenters. The second-order valence-electron chi connectivity index (χ2n) is 2.45. The molecule has 15 heavy (non-hydrogen) atoms. The molecular weight excluding hydrogens is 200 g/mol. The highest BCUT2D eigenvalue weighted by molar-refractivity contribution is 5.79. The molecule has 2 rings (SSSR count). The molecule has 0 aliphatic carbocycles. The Morgan fingerprint density at radius 3 is 1.53 bits per heavy atom. The van der Waals surface area contributed by atoms with Gasteiger partial charge < -0.3 is 5.48 Å². The lowest BCUT2D eigenvalue weighted by molar-refractivity contribution is 0.824. The van der Waals surface area contributed by atoms with Gasteiger partial charge in [-0.05, 0) is 12.1 Å². The van der Waals surface area contributed by atoms with Crippen molar-refractivity contribution in [1.29, 1.82) is 0 Å². The summed E-state index contributed by atoms with van der Waals surface area (Å²) >= 11 is 0. The van der Waals surface area contributed by atoms with Crippen LogP contribution in [0.4, 0.5) is 0 Å². The van der Waals surface area contributed by atoms with Crippen LogP contribution in [0, 0.1) is 0 Å². The highest BCUT2D eigenvalue weighted by Crippen LogP contribution is 2.00. The van der Waals surface area contributed by atoms with Gasteiger partial charge in [0.25, 0.3) is 11.1 Å². The Morgan fingerprint density at radius 2 is 1.20 bits per heavy atom. The van der Waals surface area contributed by atoms with Crippen molar-refractivity contribution >= 4 is 10.8 Å². The van der Waals surface area contributed by atoms with E-state index in [2.05, 4.69) is 21.9 Å². The Hall–Kier alpha value is -1.96. The van der Waals surface area contributed by atoms with Gasteiger partial charge in [0.1, 0.15) is 0 Å². The van der Waals surface area contributed by atoms with Gasteiger partial charge in [-0.15, -0.1) is 0 Å². The Bertz CT molecular complexity index is 482. The number of nitrogens with two attached hydrogens (primary N) is 2. The molecule has 1 heterocycles. The fourth-order valence-electron chi connectivity index (χ4n) is 1.13. The first kappa shape index (κ1) is 13.0. The number of hydrogen-bond acceptors (Lipinski definition) is 4. The van der Waals surface area contributed by atoms with E-state index < -0.39 is 0 Å². The van der Waals surface area contributed by atoms with Crippen LogP contribution in [0.3, 0.4) is 0 Å². The Balaban J connectivity index is 0.000000617. The van der Waals surface area contributed by atoms with Crippen LogP contribution in [0.25, 0.3) is 10.8 Å². The fourth-order valence-corrected chi connectivity index (χ4v) is 1.13. The van der Waals surface area contributed by atoms with Crippen molar-refractivity contribution in [2.24, 2.45) is 11.7 Å². The molecule has 8 N–H and O–H groups in total. The molecule has 0 saturated heterocycles. The number of hydrogen-bond donors (Lipinski definition) is 4. The highest BCUT2D eigenvalue weighted by Gasteiger charge is 1.98. The second kappa shape index (κ2) is 5.70. The minimum Gasteiger partial charge on any atom is -0.412 e. The van der Waals surface area contributed by atoms with Crippen molar-refractivity contribution in [2.45, 2.75) is 0 Å². The molecule has 1 aromatic carbocycles. The topological polar surface area (TPSA) is 149 Å². The van der Waals surface area contributed by atoms with E-state index in [9.17, 15) is 9.59 Å². The average molecular weight is 212 g/mol. The predicted octanol–water partition coefficient (Wildman–Crippen LogP) is -1.79. The van der Waals surface area contributed by atoms with Gasteiger partial charge >= 0.3 is 0 Å². The van der Waals surface area contributed by atoms with E-state index in [4.69, 9.17) is 0 Å². The van der Waals surface area contributed by atoms with Gasteiger partial charge in [0.2, 0.25) is 0 Å². The summed E-state index contributed by atoms with van der Waals surface area (Å²) in [5.74, 6) is 8.00. The lowest BCUT2D eigenvalue weighted by Gasteiger charge is -1.92. The summed E-state index contributed by atoms with van der Waals surface area (Å²) in [6, 6.07) is 6.67.